The van der Waals surface area contributed by atoms with Crippen LogP contribution in [0.1, 0.15) is 55.0 Å². The molecule has 1 saturated heterocycles. The van der Waals surface area contributed by atoms with Crippen LogP contribution in [0.5, 0.6) is 0 Å². The van der Waals surface area contributed by atoms with Crippen molar-refractivity contribution in [3.8, 4) is 0 Å². The topological polar surface area (TPSA) is 126 Å². The van der Waals surface area contributed by atoms with Crippen molar-refractivity contribution in [2.45, 2.75) is 56.9 Å². The number of carbonyl (C=O) groups is 1. The fraction of sp³-hybridized carbons (Fsp3) is 0.500. The van der Waals surface area contributed by atoms with Gasteiger partial charge in [0.1, 0.15) is 0 Å². The molecule has 2 N–H and O–H groups in total. The van der Waals surface area contributed by atoms with E-state index in [9.17, 15) is 4.79 Å². The fourth-order valence-corrected chi connectivity index (χ4v) is 6.90. The molecule has 0 radical (unpaired) electrons. The Morgan fingerprint density at radius 2 is 2.16 bits per heavy atom. The maximum atomic E-state index is 12.8. The molecule has 1 saturated carbocycles. The first-order valence-corrected chi connectivity index (χ1v) is 12.9. The first kappa shape index (κ1) is 19.0. The van der Waals surface area contributed by atoms with E-state index in [1.165, 1.54) is 30.5 Å². The summed E-state index contributed by atoms with van der Waals surface area (Å²) in [5.41, 5.74) is 3.72. The van der Waals surface area contributed by atoms with Gasteiger partial charge in [-0.05, 0) is 0 Å². The standard InChI is InChI=1S/C20H23AsN8O2/c30-18(25-20-28-22-10-31-20)15-5-2-8-29(15)19-23-13-4-1-3-12(13)17(24-19)21-16-9-14(26-27-16)11-6-7-11/h9-11,15,21H,1-8H2,(H,26,27)(H,25,28,30)/t15-/m0/s1. The zero-order chi connectivity index (χ0) is 20.8. The normalized spacial score (nSPS) is 20.6. The Balaban J connectivity index is 1.27. The second-order valence-corrected chi connectivity index (χ2v) is 10.9. The van der Waals surface area contributed by atoms with Crippen molar-refractivity contribution >= 4 is 42.6 Å². The summed E-state index contributed by atoms with van der Waals surface area (Å²) in [5, 5.41) is 17.9. The zero-order valence-corrected chi connectivity index (χ0v) is 19.1. The molecule has 1 unspecified atom stereocenters. The van der Waals surface area contributed by atoms with Gasteiger partial charge in [-0.3, -0.25) is 0 Å². The van der Waals surface area contributed by atoms with E-state index in [0.29, 0.717) is 11.9 Å². The monoisotopic (exact) mass is 482 g/mol. The zero-order valence-electron chi connectivity index (χ0n) is 17.0. The van der Waals surface area contributed by atoms with Gasteiger partial charge in [-0.2, -0.15) is 0 Å². The van der Waals surface area contributed by atoms with Crippen molar-refractivity contribution < 1.29 is 9.21 Å². The van der Waals surface area contributed by atoms with Gasteiger partial charge < -0.3 is 0 Å². The van der Waals surface area contributed by atoms with Crippen LogP contribution >= 0.6 is 0 Å². The van der Waals surface area contributed by atoms with E-state index in [1.54, 1.807) is 0 Å². The van der Waals surface area contributed by atoms with Crippen LogP contribution in [0.25, 0.3) is 0 Å². The van der Waals surface area contributed by atoms with Crippen molar-refractivity contribution in [1.29, 1.82) is 0 Å². The summed E-state index contributed by atoms with van der Waals surface area (Å²) < 4.78 is 7.37. The van der Waals surface area contributed by atoms with E-state index in [0.717, 1.165) is 53.3 Å². The van der Waals surface area contributed by atoms with Gasteiger partial charge in [0, 0.05) is 0 Å². The predicted octanol–water partition coefficient (Wildman–Crippen LogP) is -0.0564. The molecule has 0 aromatic carbocycles. The first-order valence-electron chi connectivity index (χ1n) is 10.8. The van der Waals surface area contributed by atoms with E-state index in [2.05, 4.69) is 31.8 Å². The summed E-state index contributed by atoms with van der Waals surface area (Å²) in [6.45, 7) is 0.758. The molecular weight excluding hydrogens is 459 g/mol. The minimum absolute atomic E-state index is 0.115. The number of nitrogens with one attached hydrogen (secondary N) is 2. The molecule has 2 aliphatic carbocycles. The van der Waals surface area contributed by atoms with E-state index in [-0.39, 0.29) is 18.0 Å². The Morgan fingerprint density at radius 1 is 1.23 bits per heavy atom. The minimum atomic E-state index is -0.666. The van der Waals surface area contributed by atoms with Crippen LogP contribution in [-0.4, -0.2) is 64.6 Å². The molecule has 10 nitrogen and oxygen atoms in total. The number of hydrogen-bond acceptors (Lipinski definition) is 8. The molecule has 4 heterocycles. The van der Waals surface area contributed by atoms with Crippen LogP contribution in [-0.2, 0) is 17.6 Å². The predicted molar refractivity (Wildman–Crippen MR) is 114 cm³/mol. The number of aromatic amines is 1. The molecular formula is C20H23AsN8O2. The number of fused-ring (bicyclic) bond motifs is 1. The van der Waals surface area contributed by atoms with Gasteiger partial charge in [0.15, 0.2) is 0 Å². The second kappa shape index (κ2) is 7.75. The maximum absolute atomic E-state index is 12.8. The van der Waals surface area contributed by atoms with Gasteiger partial charge >= 0.3 is 185 Å². The Kier molecular flexibility index (Phi) is 4.74. The number of H-pyrrole nitrogens is 1. The SMILES string of the molecule is O=C(Nc1nnco1)[C@@H]1CCCN1c1nc2c(c([AsH]c3cc(C4CC4)[nH]n3)n1)CCC2. The van der Waals surface area contributed by atoms with Crippen molar-refractivity contribution in [2.75, 3.05) is 16.8 Å². The van der Waals surface area contributed by atoms with Crippen LogP contribution < -0.4 is 19.2 Å². The first-order chi connectivity index (χ1) is 15.2. The summed E-state index contributed by atoms with van der Waals surface area (Å²) >= 11 is -0.666. The van der Waals surface area contributed by atoms with Gasteiger partial charge in [0.2, 0.25) is 0 Å². The fourth-order valence-electron chi connectivity index (χ4n) is 4.47. The van der Waals surface area contributed by atoms with Gasteiger partial charge in [-0.15, -0.1) is 0 Å². The molecule has 160 valence electrons. The molecule has 3 aromatic rings. The molecule has 1 aliphatic heterocycles. The number of nitrogens with zero attached hydrogens (tertiary/aromatic N) is 6. The Labute approximate surface area is 185 Å². The van der Waals surface area contributed by atoms with Gasteiger partial charge in [-0.25, -0.2) is 0 Å². The number of hydrogen-bond donors (Lipinski definition) is 2. The summed E-state index contributed by atoms with van der Waals surface area (Å²) in [7, 11) is 0. The third-order valence-corrected chi connectivity index (χ3v) is 8.62. The van der Waals surface area contributed by atoms with Gasteiger partial charge in [0.05, 0.1) is 0 Å². The molecule has 3 aromatic heterocycles. The number of rotatable bonds is 6. The summed E-state index contributed by atoms with van der Waals surface area (Å²) in [4.78, 5) is 24.8. The van der Waals surface area contributed by atoms with Crippen LogP contribution in [0.15, 0.2) is 16.9 Å². The van der Waals surface area contributed by atoms with Crippen LogP contribution in [0.3, 0.4) is 0 Å². The van der Waals surface area contributed by atoms with Crippen molar-refractivity contribution in [1.82, 2.24) is 30.4 Å². The molecule has 6 rings (SSSR count). The Bertz CT molecular complexity index is 1110. The average Bonchev–Trinajstić information content (AvgIpc) is 3.27. The summed E-state index contributed by atoms with van der Waals surface area (Å²) in [5.74, 6) is 1.17. The molecule has 3 aliphatic rings. The average molecular weight is 482 g/mol. The Morgan fingerprint density at radius 3 is 3.00 bits per heavy atom. The van der Waals surface area contributed by atoms with E-state index < -0.39 is 15.8 Å². The van der Waals surface area contributed by atoms with Crippen LogP contribution in [0.4, 0.5) is 12.0 Å². The van der Waals surface area contributed by atoms with Crippen molar-refractivity contribution in [2.24, 2.45) is 0 Å². The number of anilines is 2. The summed E-state index contributed by atoms with van der Waals surface area (Å²) in [6.07, 6.45) is 8.51. The molecule has 31 heavy (non-hydrogen) atoms. The third-order valence-electron chi connectivity index (χ3n) is 6.19. The molecule has 2 fully saturated rings. The van der Waals surface area contributed by atoms with E-state index in [4.69, 9.17) is 14.4 Å². The molecule has 2 atom stereocenters. The number of amides is 1. The van der Waals surface area contributed by atoms with Gasteiger partial charge in [0.25, 0.3) is 0 Å². The molecule has 0 spiro atoms. The summed E-state index contributed by atoms with van der Waals surface area (Å²) in [6, 6.07) is 2.01. The van der Waals surface area contributed by atoms with Crippen molar-refractivity contribution in [3.63, 3.8) is 0 Å². The van der Waals surface area contributed by atoms with Crippen LogP contribution in [0, 0.1) is 0 Å². The van der Waals surface area contributed by atoms with Crippen molar-refractivity contribution in [3.05, 3.63) is 29.4 Å². The van der Waals surface area contributed by atoms with E-state index in [1.807, 2.05) is 4.90 Å². The van der Waals surface area contributed by atoms with Gasteiger partial charge in [-0.1, -0.05) is 0 Å². The number of aryl methyl sites for hydroxylation is 1. The number of aromatic nitrogens is 6. The molecule has 0 bridgehead atoms. The Hall–Kier alpha value is -2.74. The third kappa shape index (κ3) is 3.73. The second-order valence-electron chi connectivity index (χ2n) is 8.34. The van der Waals surface area contributed by atoms with E-state index >= 15 is 0 Å². The quantitative estimate of drug-likeness (QED) is 0.469. The van der Waals surface area contributed by atoms with Crippen LogP contribution in [0.2, 0.25) is 0 Å². The number of carbonyl (C=O) groups excluding carboxylic acids is 1. The molecule has 11 heteroatoms. The molecule has 1 amide bonds.